The summed E-state index contributed by atoms with van der Waals surface area (Å²) in [5.74, 6) is -0.225. The second-order valence-corrected chi connectivity index (χ2v) is 6.03. The highest BCUT2D eigenvalue weighted by Crippen LogP contribution is 2.30. The quantitative estimate of drug-likeness (QED) is 0.815. The summed E-state index contributed by atoms with van der Waals surface area (Å²) >= 11 is 0. The van der Waals surface area contributed by atoms with E-state index in [1.807, 2.05) is 12.1 Å². The van der Waals surface area contributed by atoms with Crippen LogP contribution < -0.4 is 15.4 Å². The van der Waals surface area contributed by atoms with Gasteiger partial charge < -0.3 is 10.2 Å². The number of nitrogens with zero attached hydrogens (tertiary/aromatic N) is 1. The minimum atomic E-state index is -3.68. The number of anilines is 2. The average molecular weight is 269 g/mol. The zero-order chi connectivity index (χ0) is 13.3. The van der Waals surface area contributed by atoms with Crippen LogP contribution in [0.25, 0.3) is 0 Å². The maximum Gasteiger partial charge on any atom is 0.228 e. The molecule has 1 fully saturated rings. The number of hydrogen-bond donors (Lipinski definition) is 2. The number of carbonyl (C=O) groups excluding carboxylic acids is 1. The van der Waals surface area contributed by atoms with Gasteiger partial charge in [-0.1, -0.05) is 12.1 Å². The molecule has 1 atom stereocenters. The summed E-state index contributed by atoms with van der Waals surface area (Å²) < 4.78 is 22.6. The SMILES string of the molecule is CNc1ccccc1N1CC(S(N)(=O)=O)CC1=O. The summed E-state index contributed by atoms with van der Waals surface area (Å²) in [6.45, 7) is 0.107. The Morgan fingerprint density at radius 3 is 2.61 bits per heavy atom. The first kappa shape index (κ1) is 12.8. The molecule has 1 saturated heterocycles. The summed E-state index contributed by atoms with van der Waals surface area (Å²) in [5.41, 5.74) is 1.46. The van der Waals surface area contributed by atoms with Crippen LogP contribution in [0.5, 0.6) is 0 Å². The van der Waals surface area contributed by atoms with Gasteiger partial charge in [0.15, 0.2) is 0 Å². The third kappa shape index (κ3) is 2.32. The normalized spacial score (nSPS) is 20.2. The van der Waals surface area contributed by atoms with E-state index in [0.29, 0.717) is 5.69 Å². The van der Waals surface area contributed by atoms with Crippen molar-refractivity contribution in [3.63, 3.8) is 0 Å². The number of hydrogen-bond acceptors (Lipinski definition) is 4. The largest absolute Gasteiger partial charge is 0.386 e. The van der Waals surface area contributed by atoms with Crippen LogP contribution >= 0.6 is 0 Å². The zero-order valence-corrected chi connectivity index (χ0v) is 10.8. The van der Waals surface area contributed by atoms with E-state index in [0.717, 1.165) is 5.69 Å². The molecule has 0 aromatic heterocycles. The van der Waals surface area contributed by atoms with Crippen LogP contribution in [0, 0.1) is 0 Å². The smallest absolute Gasteiger partial charge is 0.228 e. The van der Waals surface area contributed by atoms with Crippen LogP contribution in [0.2, 0.25) is 0 Å². The molecule has 18 heavy (non-hydrogen) atoms. The number of nitrogens with two attached hydrogens (primary N) is 1. The Balaban J connectivity index is 2.33. The molecule has 6 nitrogen and oxygen atoms in total. The molecule has 3 N–H and O–H groups in total. The van der Waals surface area contributed by atoms with Crippen LogP contribution in [-0.2, 0) is 14.8 Å². The van der Waals surface area contributed by atoms with Gasteiger partial charge in [0, 0.05) is 20.0 Å². The van der Waals surface area contributed by atoms with Gasteiger partial charge in [-0.05, 0) is 12.1 Å². The first-order valence-corrected chi connectivity index (χ1v) is 7.13. The maximum absolute atomic E-state index is 11.9. The lowest BCUT2D eigenvalue weighted by Crippen LogP contribution is -2.32. The molecule has 7 heteroatoms. The highest BCUT2D eigenvalue weighted by Gasteiger charge is 2.37. The predicted molar refractivity (Wildman–Crippen MR) is 69.9 cm³/mol. The second-order valence-electron chi connectivity index (χ2n) is 4.19. The lowest BCUT2D eigenvalue weighted by Gasteiger charge is -2.19. The van der Waals surface area contributed by atoms with Crippen molar-refractivity contribution in [1.82, 2.24) is 0 Å². The summed E-state index contributed by atoms with van der Waals surface area (Å²) in [4.78, 5) is 13.3. The van der Waals surface area contributed by atoms with Crippen LogP contribution in [0.15, 0.2) is 24.3 Å². The van der Waals surface area contributed by atoms with E-state index in [-0.39, 0.29) is 18.9 Å². The van der Waals surface area contributed by atoms with Crippen molar-refractivity contribution in [3.8, 4) is 0 Å². The van der Waals surface area contributed by atoms with Gasteiger partial charge >= 0.3 is 0 Å². The van der Waals surface area contributed by atoms with Crippen molar-refractivity contribution in [2.45, 2.75) is 11.7 Å². The Bertz CT molecular complexity index is 571. The fraction of sp³-hybridized carbons (Fsp3) is 0.364. The number of sulfonamides is 1. The number of rotatable bonds is 3. The van der Waals surface area contributed by atoms with Gasteiger partial charge in [0.2, 0.25) is 15.9 Å². The lowest BCUT2D eigenvalue weighted by molar-refractivity contribution is -0.117. The van der Waals surface area contributed by atoms with Crippen molar-refractivity contribution >= 4 is 27.3 Å². The molecule has 0 saturated carbocycles. The first-order valence-electron chi connectivity index (χ1n) is 5.52. The molecular formula is C11H15N3O3S. The maximum atomic E-state index is 11.9. The van der Waals surface area contributed by atoms with Gasteiger partial charge in [0.1, 0.15) is 5.25 Å². The minimum Gasteiger partial charge on any atom is -0.386 e. The van der Waals surface area contributed by atoms with Gasteiger partial charge in [-0.15, -0.1) is 0 Å². The molecule has 1 aliphatic rings. The average Bonchev–Trinajstić information content (AvgIpc) is 2.71. The van der Waals surface area contributed by atoms with E-state index in [1.54, 1.807) is 19.2 Å². The van der Waals surface area contributed by atoms with Crippen molar-refractivity contribution in [3.05, 3.63) is 24.3 Å². The summed E-state index contributed by atoms with van der Waals surface area (Å²) in [7, 11) is -1.93. The van der Waals surface area contributed by atoms with E-state index in [9.17, 15) is 13.2 Å². The summed E-state index contributed by atoms with van der Waals surface area (Å²) in [5, 5.41) is 7.24. The molecule has 98 valence electrons. The monoisotopic (exact) mass is 269 g/mol. The molecule has 0 spiro atoms. The van der Waals surface area contributed by atoms with E-state index in [4.69, 9.17) is 5.14 Å². The highest BCUT2D eigenvalue weighted by molar-refractivity contribution is 7.89. The molecule has 0 bridgehead atoms. The number of primary sulfonamides is 1. The van der Waals surface area contributed by atoms with Crippen LogP contribution in [0.4, 0.5) is 11.4 Å². The number of carbonyl (C=O) groups is 1. The van der Waals surface area contributed by atoms with Gasteiger partial charge in [-0.25, -0.2) is 13.6 Å². The Labute approximate surface area is 106 Å². The Kier molecular flexibility index (Phi) is 3.27. The van der Waals surface area contributed by atoms with Crippen LogP contribution in [0.3, 0.4) is 0 Å². The molecule has 1 aromatic carbocycles. The topological polar surface area (TPSA) is 92.5 Å². The fourth-order valence-corrected chi connectivity index (χ4v) is 2.78. The van der Waals surface area contributed by atoms with Crippen LogP contribution in [-0.4, -0.2) is 33.2 Å². The first-order chi connectivity index (χ1) is 8.43. The molecular weight excluding hydrogens is 254 g/mol. The molecule has 0 radical (unpaired) electrons. The summed E-state index contributed by atoms with van der Waals surface area (Å²) in [6.07, 6.45) is -0.0586. The Hall–Kier alpha value is -1.60. The lowest BCUT2D eigenvalue weighted by atomic mass is 10.2. The molecule has 0 aliphatic carbocycles. The molecule has 1 aromatic rings. The number of benzene rings is 1. The Morgan fingerprint density at radius 2 is 2.06 bits per heavy atom. The van der Waals surface area contributed by atoms with Crippen molar-refractivity contribution in [2.24, 2.45) is 5.14 Å². The van der Waals surface area contributed by atoms with Gasteiger partial charge in [-0.3, -0.25) is 4.79 Å². The standard InChI is InChI=1S/C11H15N3O3S/c1-13-9-4-2-3-5-10(9)14-7-8(6-11(14)15)18(12,16)17/h2-5,8,13H,6-7H2,1H3,(H2,12,16,17). The van der Waals surface area contributed by atoms with Gasteiger partial charge in [0.05, 0.1) is 11.4 Å². The van der Waals surface area contributed by atoms with Crippen molar-refractivity contribution in [1.29, 1.82) is 0 Å². The predicted octanol–water partition coefficient (Wildman–Crippen LogP) is 0.122. The van der Waals surface area contributed by atoms with Crippen molar-refractivity contribution in [2.75, 3.05) is 23.8 Å². The van der Waals surface area contributed by atoms with Gasteiger partial charge in [-0.2, -0.15) is 0 Å². The minimum absolute atomic E-state index is 0.0586. The highest BCUT2D eigenvalue weighted by atomic mass is 32.2. The Morgan fingerprint density at radius 1 is 1.39 bits per heavy atom. The molecule has 2 rings (SSSR count). The van der Waals surface area contributed by atoms with Gasteiger partial charge in [0.25, 0.3) is 0 Å². The number of nitrogens with one attached hydrogen (secondary N) is 1. The van der Waals surface area contributed by atoms with Crippen molar-refractivity contribution < 1.29 is 13.2 Å². The zero-order valence-electron chi connectivity index (χ0n) is 9.96. The second kappa shape index (κ2) is 4.58. The van der Waals surface area contributed by atoms with E-state index >= 15 is 0 Å². The molecule has 1 heterocycles. The summed E-state index contributed by atoms with van der Waals surface area (Å²) in [6, 6.07) is 7.24. The molecule has 1 aliphatic heterocycles. The third-order valence-electron chi connectivity index (χ3n) is 3.02. The third-order valence-corrected chi connectivity index (χ3v) is 4.26. The van der Waals surface area contributed by atoms with E-state index in [2.05, 4.69) is 5.32 Å². The van der Waals surface area contributed by atoms with Crippen LogP contribution in [0.1, 0.15) is 6.42 Å². The number of amides is 1. The molecule has 1 amide bonds. The van der Waals surface area contributed by atoms with E-state index in [1.165, 1.54) is 4.90 Å². The number of para-hydroxylation sites is 2. The molecule has 1 unspecified atom stereocenters. The fourth-order valence-electron chi connectivity index (χ4n) is 2.05. The van der Waals surface area contributed by atoms with E-state index < -0.39 is 15.3 Å².